The summed E-state index contributed by atoms with van der Waals surface area (Å²) in [4.78, 5) is 15.1. The second kappa shape index (κ2) is 10.3. The first-order valence-corrected chi connectivity index (χ1v) is 10.9. The first-order chi connectivity index (χ1) is 16.1. The highest BCUT2D eigenvalue weighted by molar-refractivity contribution is 5.89. The van der Waals surface area contributed by atoms with Gasteiger partial charge in [0.05, 0.1) is 18.2 Å². The minimum absolute atomic E-state index is 0.188. The van der Waals surface area contributed by atoms with Gasteiger partial charge in [0.1, 0.15) is 0 Å². The molecule has 5 heteroatoms. The van der Waals surface area contributed by atoms with Crippen LogP contribution in [0, 0.1) is 18.3 Å². The third-order valence-electron chi connectivity index (χ3n) is 5.65. The van der Waals surface area contributed by atoms with Gasteiger partial charge in [-0.25, -0.2) is 4.79 Å². The number of carbonyl (C=O) groups is 1. The molecular weight excluding hydrogens is 408 g/mol. The third kappa shape index (κ3) is 5.69. The van der Waals surface area contributed by atoms with Gasteiger partial charge in [0.25, 0.3) is 0 Å². The van der Waals surface area contributed by atoms with Gasteiger partial charge in [-0.2, -0.15) is 5.26 Å². The Hall–Kier alpha value is -4.30. The maximum atomic E-state index is 13.3. The Morgan fingerprint density at radius 3 is 2.36 bits per heavy atom. The zero-order chi connectivity index (χ0) is 23.0. The number of nitrogens with one attached hydrogen (secondary N) is 1. The Labute approximate surface area is 194 Å². The van der Waals surface area contributed by atoms with Crippen molar-refractivity contribution >= 4 is 11.7 Å². The number of nitriles is 1. The molecular formula is C28H26N4O. The lowest BCUT2D eigenvalue weighted by atomic mass is 10.1. The molecule has 0 saturated carbocycles. The smallest absolute Gasteiger partial charge is 0.322 e. The van der Waals surface area contributed by atoms with Crippen LogP contribution in [-0.4, -0.2) is 15.5 Å². The van der Waals surface area contributed by atoms with E-state index >= 15 is 0 Å². The summed E-state index contributed by atoms with van der Waals surface area (Å²) in [5.74, 6) is 0. The van der Waals surface area contributed by atoms with Gasteiger partial charge in [0, 0.05) is 30.7 Å². The molecule has 3 aromatic carbocycles. The molecule has 1 heterocycles. The van der Waals surface area contributed by atoms with Crippen LogP contribution in [0.15, 0.2) is 97.2 Å². The van der Waals surface area contributed by atoms with Gasteiger partial charge in [-0.05, 0) is 60.0 Å². The van der Waals surface area contributed by atoms with Crippen molar-refractivity contribution in [1.82, 2.24) is 9.47 Å². The first-order valence-electron chi connectivity index (χ1n) is 10.9. The van der Waals surface area contributed by atoms with Crippen LogP contribution in [0.5, 0.6) is 0 Å². The van der Waals surface area contributed by atoms with Gasteiger partial charge in [0.2, 0.25) is 0 Å². The highest BCUT2D eigenvalue weighted by Crippen LogP contribution is 2.17. The highest BCUT2D eigenvalue weighted by Gasteiger charge is 2.17. The van der Waals surface area contributed by atoms with Crippen LogP contribution in [0.1, 0.15) is 27.9 Å². The number of rotatable bonds is 7. The molecule has 4 rings (SSSR count). The zero-order valence-electron chi connectivity index (χ0n) is 18.6. The van der Waals surface area contributed by atoms with E-state index in [0.29, 0.717) is 24.3 Å². The van der Waals surface area contributed by atoms with E-state index in [1.54, 1.807) is 29.2 Å². The summed E-state index contributed by atoms with van der Waals surface area (Å²) in [5, 5.41) is 12.0. The number of carbonyl (C=O) groups excluding carboxylic acids is 1. The van der Waals surface area contributed by atoms with Crippen LogP contribution in [-0.2, 0) is 19.6 Å². The van der Waals surface area contributed by atoms with E-state index in [0.717, 1.165) is 17.8 Å². The van der Waals surface area contributed by atoms with Crippen LogP contribution in [0.2, 0.25) is 0 Å². The molecule has 0 fully saturated rings. The van der Waals surface area contributed by atoms with Gasteiger partial charge in [0.15, 0.2) is 0 Å². The molecule has 4 aromatic rings. The van der Waals surface area contributed by atoms with E-state index in [4.69, 9.17) is 5.26 Å². The maximum Gasteiger partial charge on any atom is 0.322 e. The number of nitrogens with zero attached hydrogens (tertiary/aromatic N) is 3. The van der Waals surface area contributed by atoms with Crippen molar-refractivity contribution in [3.8, 4) is 6.07 Å². The van der Waals surface area contributed by atoms with E-state index in [2.05, 4.69) is 53.3 Å². The third-order valence-corrected chi connectivity index (χ3v) is 5.65. The molecule has 0 radical (unpaired) electrons. The molecule has 0 aliphatic carbocycles. The fraction of sp³-hybridized carbons (Fsp3) is 0.143. The van der Waals surface area contributed by atoms with Crippen LogP contribution in [0.25, 0.3) is 0 Å². The lowest BCUT2D eigenvalue weighted by molar-refractivity contribution is 0.205. The number of urea groups is 1. The van der Waals surface area contributed by atoms with E-state index < -0.39 is 0 Å². The molecule has 0 aliphatic rings. The van der Waals surface area contributed by atoms with Gasteiger partial charge in [-0.3, -0.25) is 0 Å². The quantitative estimate of drug-likeness (QED) is 0.391. The second-order valence-corrected chi connectivity index (χ2v) is 8.01. The number of hydrogen-bond donors (Lipinski definition) is 1. The highest BCUT2D eigenvalue weighted by atomic mass is 16.2. The van der Waals surface area contributed by atoms with Crippen molar-refractivity contribution in [3.05, 3.63) is 125 Å². The summed E-state index contributed by atoms with van der Waals surface area (Å²) in [5.41, 5.74) is 5.84. The summed E-state index contributed by atoms with van der Waals surface area (Å²) in [6, 6.07) is 31.2. The molecule has 0 unspecified atom stereocenters. The van der Waals surface area contributed by atoms with Crippen LogP contribution < -0.4 is 5.32 Å². The molecule has 2 amide bonds. The normalized spacial score (nSPS) is 10.4. The predicted molar refractivity (Wildman–Crippen MR) is 131 cm³/mol. The summed E-state index contributed by atoms with van der Waals surface area (Å²) in [7, 11) is 0. The summed E-state index contributed by atoms with van der Waals surface area (Å²) < 4.78 is 2.19. The number of benzene rings is 3. The lowest BCUT2D eigenvalue weighted by Crippen LogP contribution is -2.34. The minimum Gasteiger partial charge on any atom is -0.345 e. The molecule has 0 bridgehead atoms. The zero-order valence-corrected chi connectivity index (χ0v) is 18.6. The number of hydrogen-bond acceptors (Lipinski definition) is 2. The van der Waals surface area contributed by atoms with Crippen LogP contribution in [0.3, 0.4) is 0 Å². The van der Waals surface area contributed by atoms with Gasteiger partial charge < -0.3 is 14.8 Å². The minimum atomic E-state index is -0.188. The van der Waals surface area contributed by atoms with Crippen LogP contribution in [0.4, 0.5) is 10.5 Å². The molecule has 0 saturated heterocycles. The largest absolute Gasteiger partial charge is 0.345 e. The molecule has 1 aromatic heterocycles. The molecule has 1 N–H and O–H groups in total. The molecule has 33 heavy (non-hydrogen) atoms. The molecule has 5 nitrogen and oxygen atoms in total. The SMILES string of the molecule is Cc1ccccc1Cn1cccc1CN(Cc1ccccc1)C(=O)Nc1ccc(C#N)cc1. The fourth-order valence-corrected chi connectivity index (χ4v) is 3.75. The lowest BCUT2D eigenvalue weighted by Gasteiger charge is -2.24. The van der Waals surface area contributed by atoms with Crippen molar-refractivity contribution < 1.29 is 4.79 Å². The van der Waals surface area contributed by atoms with Crippen molar-refractivity contribution in [2.24, 2.45) is 0 Å². The first kappa shape index (κ1) is 21.9. The van der Waals surface area contributed by atoms with Gasteiger partial charge >= 0.3 is 6.03 Å². The number of aryl methyl sites for hydroxylation is 1. The summed E-state index contributed by atoms with van der Waals surface area (Å²) in [6.45, 7) is 3.82. The fourth-order valence-electron chi connectivity index (χ4n) is 3.75. The second-order valence-electron chi connectivity index (χ2n) is 8.01. The average Bonchev–Trinajstić information content (AvgIpc) is 3.28. The van der Waals surface area contributed by atoms with E-state index in [9.17, 15) is 4.79 Å². The Morgan fingerprint density at radius 2 is 1.64 bits per heavy atom. The number of anilines is 1. The van der Waals surface area contributed by atoms with E-state index in [1.807, 2.05) is 42.5 Å². The summed E-state index contributed by atoms with van der Waals surface area (Å²) >= 11 is 0. The van der Waals surface area contributed by atoms with Crippen LogP contribution >= 0.6 is 0 Å². The standard InChI is InChI=1S/C28H26N4O/c1-22-8-5-6-11-25(22)20-31-17-7-12-27(31)21-32(19-24-9-3-2-4-10-24)28(33)30-26-15-13-23(18-29)14-16-26/h2-17H,19-21H2,1H3,(H,30,33). The van der Waals surface area contributed by atoms with Crippen molar-refractivity contribution in [3.63, 3.8) is 0 Å². The molecule has 0 atom stereocenters. The topological polar surface area (TPSA) is 61.1 Å². The van der Waals surface area contributed by atoms with E-state index in [-0.39, 0.29) is 6.03 Å². The molecule has 164 valence electrons. The van der Waals surface area contributed by atoms with E-state index in [1.165, 1.54) is 11.1 Å². The Balaban J connectivity index is 1.55. The Kier molecular flexibility index (Phi) is 6.87. The van der Waals surface area contributed by atoms with Gasteiger partial charge in [-0.15, -0.1) is 0 Å². The average molecular weight is 435 g/mol. The Morgan fingerprint density at radius 1 is 0.909 bits per heavy atom. The molecule has 0 spiro atoms. The maximum absolute atomic E-state index is 13.3. The predicted octanol–water partition coefficient (Wildman–Crippen LogP) is 5.95. The number of aromatic nitrogens is 1. The summed E-state index contributed by atoms with van der Waals surface area (Å²) in [6.07, 6.45) is 2.06. The Bertz CT molecular complexity index is 1250. The van der Waals surface area contributed by atoms with Gasteiger partial charge in [-0.1, -0.05) is 54.6 Å². The van der Waals surface area contributed by atoms with Crippen molar-refractivity contribution in [1.29, 1.82) is 5.26 Å². The van der Waals surface area contributed by atoms with Crippen molar-refractivity contribution in [2.45, 2.75) is 26.6 Å². The monoisotopic (exact) mass is 434 g/mol. The van der Waals surface area contributed by atoms with Crippen molar-refractivity contribution in [2.75, 3.05) is 5.32 Å². The molecule has 0 aliphatic heterocycles. The number of amides is 2.